The predicted molar refractivity (Wildman–Crippen MR) is 102 cm³/mol. The number of carbonyl (C=O) groups is 1. The van der Waals surface area contributed by atoms with Crippen molar-refractivity contribution in [3.63, 3.8) is 0 Å². The van der Waals surface area contributed by atoms with Crippen LogP contribution in [0.3, 0.4) is 0 Å². The van der Waals surface area contributed by atoms with E-state index in [1.54, 1.807) is 48.7 Å². The van der Waals surface area contributed by atoms with E-state index in [-0.39, 0.29) is 25.5 Å². The largest absolute Gasteiger partial charge is 0.489 e. The van der Waals surface area contributed by atoms with Crippen LogP contribution in [0.25, 0.3) is 0 Å². The third-order valence-corrected chi connectivity index (χ3v) is 3.85. The van der Waals surface area contributed by atoms with Gasteiger partial charge in [0.25, 0.3) is 0 Å². The molecule has 0 fully saturated rings. The van der Waals surface area contributed by atoms with Crippen LogP contribution < -0.4 is 10.1 Å². The number of nitrogens with zero attached hydrogens (tertiary/aromatic N) is 3. The molecule has 3 rings (SSSR count). The summed E-state index contributed by atoms with van der Waals surface area (Å²) in [6.45, 7) is 0.434. The van der Waals surface area contributed by atoms with Gasteiger partial charge in [-0.05, 0) is 36.4 Å². The van der Waals surface area contributed by atoms with E-state index in [0.717, 1.165) is 0 Å². The van der Waals surface area contributed by atoms with E-state index in [1.165, 1.54) is 6.26 Å². The summed E-state index contributed by atoms with van der Waals surface area (Å²) in [4.78, 5) is 16.3. The molecule has 0 aliphatic carbocycles. The smallest absolute Gasteiger partial charge is 0.374 e. The van der Waals surface area contributed by atoms with E-state index < -0.39 is 5.97 Å². The van der Waals surface area contributed by atoms with Crippen molar-refractivity contribution in [2.45, 2.75) is 6.61 Å². The van der Waals surface area contributed by atoms with Crippen molar-refractivity contribution >= 4 is 11.8 Å². The number of pyridine rings is 1. The first-order valence-electron chi connectivity index (χ1n) is 8.66. The van der Waals surface area contributed by atoms with Crippen LogP contribution in [-0.4, -0.2) is 24.1 Å². The minimum absolute atomic E-state index is 0.0528. The van der Waals surface area contributed by atoms with E-state index in [1.807, 2.05) is 12.1 Å². The number of hydrogen-bond donors (Lipinski definition) is 1. The fourth-order valence-corrected chi connectivity index (χ4v) is 2.46. The Morgan fingerprint density at radius 2 is 2.07 bits per heavy atom. The van der Waals surface area contributed by atoms with Crippen LogP contribution >= 0.6 is 0 Å². The van der Waals surface area contributed by atoms with Crippen molar-refractivity contribution in [3.8, 4) is 17.9 Å². The second kappa shape index (κ2) is 9.58. The molecule has 1 N–H and O–H groups in total. The summed E-state index contributed by atoms with van der Waals surface area (Å²) in [6, 6.07) is 15.7. The molecule has 0 aliphatic rings. The van der Waals surface area contributed by atoms with Gasteiger partial charge in [0.05, 0.1) is 30.0 Å². The van der Waals surface area contributed by atoms with Gasteiger partial charge in [-0.3, -0.25) is 0 Å². The van der Waals surface area contributed by atoms with E-state index in [0.29, 0.717) is 28.3 Å². The third-order valence-electron chi connectivity index (χ3n) is 3.85. The molecule has 0 saturated heterocycles. The summed E-state index contributed by atoms with van der Waals surface area (Å²) in [5.41, 5.74) is 1.42. The normalized spacial score (nSPS) is 9.86. The SMILES string of the molecule is N#Cc1cccc(OCc2ccoc2C(=O)OCCNc2ncccc2C#N)c1. The number of nitrogens with one attached hydrogen (secondary N) is 1. The Bertz CT molecular complexity index is 1080. The highest BCUT2D eigenvalue weighted by molar-refractivity contribution is 5.87. The Hall–Kier alpha value is -4.30. The summed E-state index contributed by atoms with van der Waals surface area (Å²) in [6.07, 6.45) is 2.95. The molecule has 29 heavy (non-hydrogen) atoms. The highest BCUT2D eigenvalue weighted by Crippen LogP contribution is 2.18. The molecule has 0 spiro atoms. The minimum Gasteiger partial charge on any atom is -0.489 e. The van der Waals surface area contributed by atoms with Crippen LogP contribution in [0.2, 0.25) is 0 Å². The predicted octanol–water partition coefficient (Wildman–Crippen LogP) is 3.27. The molecular formula is C21H16N4O4. The van der Waals surface area contributed by atoms with Gasteiger partial charge in [0.15, 0.2) is 0 Å². The molecular weight excluding hydrogens is 372 g/mol. The van der Waals surface area contributed by atoms with Gasteiger partial charge < -0.3 is 19.2 Å². The number of benzene rings is 1. The summed E-state index contributed by atoms with van der Waals surface area (Å²) < 4.78 is 16.1. The summed E-state index contributed by atoms with van der Waals surface area (Å²) in [5, 5.41) is 20.9. The average molecular weight is 388 g/mol. The molecule has 8 nitrogen and oxygen atoms in total. The van der Waals surface area contributed by atoms with Crippen LogP contribution in [0.15, 0.2) is 59.3 Å². The van der Waals surface area contributed by atoms with E-state index in [4.69, 9.17) is 24.4 Å². The van der Waals surface area contributed by atoms with Crippen molar-refractivity contribution in [3.05, 3.63) is 77.4 Å². The van der Waals surface area contributed by atoms with Crippen LogP contribution in [0.5, 0.6) is 5.75 Å². The Balaban J connectivity index is 1.51. The van der Waals surface area contributed by atoms with Crippen molar-refractivity contribution in [2.75, 3.05) is 18.5 Å². The number of aromatic nitrogens is 1. The van der Waals surface area contributed by atoms with Gasteiger partial charge in [-0.25, -0.2) is 9.78 Å². The number of hydrogen-bond acceptors (Lipinski definition) is 8. The molecule has 0 atom stereocenters. The highest BCUT2D eigenvalue weighted by atomic mass is 16.5. The summed E-state index contributed by atoms with van der Waals surface area (Å²) >= 11 is 0. The number of anilines is 1. The second-order valence-corrected chi connectivity index (χ2v) is 5.78. The topological polar surface area (TPSA) is 121 Å². The first kappa shape index (κ1) is 19.5. The molecule has 0 aliphatic heterocycles. The molecule has 0 saturated carbocycles. The van der Waals surface area contributed by atoms with Crippen molar-refractivity contribution in [1.82, 2.24) is 4.98 Å². The molecule has 1 aromatic carbocycles. The number of ether oxygens (including phenoxy) is 2. The van der Waals surface area contributed by atoms with Gasteiger partial charge >= 0.3 is 5.97 Å². The van der Waals surface area contributed by atoms with Gasteiger partial charge in [-0.15, -0.1) is 0 Å². The quantitative estimate of drug-likeness (QED) is 0.461. The van der Waals surface area contributed by atoms with Crippen LogP contribution in [-0.2, 0) is 11.3 Å². The van der Waals surface area contributed by atoms with E-state index >= 15 is 0 Å². The molecule has 2 aromatic heterocycles. The molecule has 3 aromatic rings. The summed E-state index contributed by atoms with van der Waals surface area (Å²) in [5.74, 6) is 0.370. The maximum Gasteiger partial charge on any atom is 0.374 e. The molecule has 0 bridgehead atoms. The molecule has 144 valence electrons. The molecule has 8 heteroatoms. The van der Waals surface area contributed by atoms with Crippen LogP contribution in [0.1, 0.15) is 27.2 Å². The van der Waals surface area contributed by atoms with Crippen molar-refractivity contribution < 1.29 is 18.7 Å². The Labute approximate surface area is 166 Å². The fourth-order valence-electron chi connectivity index (χ4n) is 2.46. The third kappa shape index (κ3) is 5.12. The zero-order chi connectivity index (χ0) is 20.5. The van der Waals surface area contributed by atoms with Crippen molar-refractivity contribution in [1.29, 1.82) is 10.5 Å². The highest BCUT2D eigenvalue weighted by Gasteiger charge is 2.17. The number of carbonyl (C=O) groups excluding carboxylic acids is 1. The maximum atomic E-state index is 12.3. The molecule has 0 unspecified atom stereocenters. The lowest BCUT2D eigenvalue weighted by atomic mass is 10.2. The first-order valence-corrected chi connectivity index (χ1v) is 8.66. The van der Waals surface area contributed by atoms with E-state index in [9.17, 15) is 4.79 Å². The Morgan fingerprint density at radius 1 is 1.17 bits per heavy atom. The van der Waals surface area contributed by atoms with Gasteiger partial charge in [-0.1, -0.05) is 6.07 Å². The first-order chi connectivity index (χ1) is 14.2. The fraction of sp³-hybridized carbons (Fsp3) is 0.143. The molecule has 2 heterocycles. The van der Waals surface area contributed by atoms with Crippen molar-refractivity contribution in [2.24, 2.45) is 0 Å². The summed E-state index contributed by atoms with van der Waals surface area (Å²) in [7, 11) is 0. The number of furan rings is 1. The minimum atomic E-state index is -0.622. The monoisotopic (exact) mass is 388 g/mol. The molecule has 0 amide bonds. The number of nitriles is 2. The van der Waals surface area contributed by atoms with Gasteiger partial charge in [0, 0.05) is 11.8 Å². The lowest BCUT2D eigenvalue weighted by Gasteiger charge is -2.08. The number of esters is 1. The standard InChI is InChI=1S/C21H16N4O4/c22-12-15-3-1-5-18(11-15)29-14-17-6-9-27-19(17)21(26)28-10-8-25-20-16(13-23)4-2-7-24-20/h1-7,9,11H,8,10,14H2,(H,24,25). The Morgan fingerprint density at radius 3 is 2.90 bits per heavy atom. The lowest BCUT2D eigenvalue weighted by molar-refractivity contribution is 0.0480. The van der Waals surface area contributed by atoms with E-state index in [2.05, 4.69) is 10.3 Å². The number of rotatable bonds is 8. The second-order valence-electron chi connectivity index (χ2n) is 5.78. The van der Waals surface area contributed by atoms with Crippen LogP contribution in [0, 0.1) is 22.7 Å². The van der Waals surface area contributed by atoms with Gasteiger partial charge in [-0.2, -0.15) is 10.5 Å². The lowest BCUT2D eigenvalue weighted by Crippen LogP contribution is -2.15. The average Bonchev–Trinajstić information content (AvgIpc) is 3.24. The maximum absolute atomic E-state index is 12.3. The Kier molecular flexibility index (Phi) is 6.43. The zero-order valence-electron chi connectivity index (χ0n) is 15.3. The van der Waals surface area contributed by atoms with Crippen LogP contribution in [0.4, 0.5) is 5.82 Å². The van der Waals surface area contributed by atoms with Gasteiger partial charge in [0.2, 0.25) is 5.76 Å². The zero-order valence-corrected chi connectivity index (χ0v) is 15.3. The molecule has 0 radical (unpaired) electrons. The van der Waals surface area contributed by atoms with Gasteiger partial charge in [0.1, 0.15) is 30.9 Å².